The minimum Gasteiger partial charge on any atom is -0.385 e. The molecule has 31 heavy (non-hydrogen) atoms. The van der Waals surface area contributed by atoms with Gasteiger partial charge < -0.3 is 14.2 Å². The Morgan fingerprint density at radius 1 is 1.26 bits per heavy atom. The third-order valence-corrected chi connectivity index (χ3v) is 5.64. The van der Waals surface area contributed by atoms with Crippen LogP contribution in [0.2, 0.25) is 0 Å². The number of piperidine rings is 1. The van der Waals surface area contributed by atoms with Crippen molar-refractivity contribution >= 4 is 5.91 Å². The molecule has 3 heterocycles. The van der Waals surface area contributed by atoms with Gasteiger partial charge in [-0.15, -0.1) is 0 Å². The standard InChI is InChI=1S/C22H22F2N4O3/c1-30-12-9-22(21-26-19(31-27-21)15-3-5-16(23)6-4-15)8-2-11-28(14-22)20(29)17-7-10-25-13-18(17)24/h3-7,10,13H,2,8-9,11-12,14H2,1H3. The lowest BCUT2D eigenvalue weighted by atomic mass is 9.76. The molecule has 162 valence electrons. The van der Waals surface area contributed by atoms with Crippen molar-refractivity contribution < 1.29 is 22.8 Å². The van der Waals surface area contributed by atoms with Crippen LogP contribution in [-0.4, -0.2) is 52.7 Å². The highest BCUT2D eigenvalue weighted by Crippen LogP contribution is 2.37. The first-order chi connectivity index (χ1) is 15.0. The third kappa shape index (κ3) is 4.32. The van der Waals surface area contributed by atoms with Crippen LogP contribution in [0.15, 0.2) is 47.2 Å². The van der Waals surface area contributed by atoms with Crippen LogP contribution in [0.5, 0.6) is 0 Å². The Morgan fingerprint density at radius 3 is 2.81 bits per heavy atom. The van der Waals surface area contributed by atoms with Crippen LogP contribution in [0, 0.1) is 11.6 Å². The maximum absolute atomic E-state index is 14.1. The number of amides is 1. The smallest absolute Gasteiger partial charge is 0.257 e. The molecule has 0 aliphatic carbocycles. The molecule has 0 spiro atoms. The summed E-state index contributed by atoms with van der Waals surface area (Å²) in [7, 11) is 1.60. The van der Waals surface area contributed by atoms with E-state index in [1.165, 1.54) is 24.4 Å². The van der Waals surface area contributed by atoms with Crippen LogP contribution >= 0.6 is 0 Å². The van der Waals surface area contributed by atoms with Crippen molar-refractivity contribution in [2.24, 2.45) is 0 Å². The summed E-state index contributed by atoms with van der Waals surface area (Å²) in [6.07, 6.45) is 4.41. The molecule has 1 fully saturated rings. The number of rotatable bonds is 6. The number of carbonyl (C=O) groups excluding carboxylic acids is 1. The summed E-state index contributed by atoms with van der Waals surface area (Å²) in [4.78, 5) is 22.9. The predicted molar refractivity (Wildman–Crippen MR) is 107 cm³/mol. The van der Waals surface area contributed by atoms with E-state index in [1.54, 1.807) is 24.1 Å². The minimum absolute atomic E-state index is 0.0161. The van der Waals surface area contributed by atoms with Crippen LogP contribution in [-0.2, 0) is 10.2 Å². The largest absolute Gasteiger partial charge is 0.385 e. The third-order valence-electron chi connectivity index (χ3n) is 5.64. The lowest BCUT2D eigenvalue weighted by molar-refractivity contribution is 0.0562. The number of halogens is 2. The van der Waals surface area contributed by atoms with E-state index in [0.717, 1.165) is 12.6 Å². The molecule has 1 atom stereocenters. The fraction of sp³-hybridized carbons (Fsp3) is 0.364. The highest BCUT2D eigenvalue weighted by atomic mass is 19.1. The number of nitrogens with zero attached hydrogens (tertiary/aromatic N) is 4. The number of ether oxygens (including phenoxy) is 1. The van der Waals surface area contributed by atoms with Gasteiger partial charge in [0, 0.05) is 38.6 Å². The summed E-state index contributed by atoms with van der Waals surface area (Å²) < 4.78 is 38.1. The molecule has 1 aliphatic heterocycles. The van der Waals surface area contributed by atoms with Crippen molar-refractivity contribution in [3.63, 3.8) is 0 Å². The lowest BCUT2D eigenvalue weighted by Crippen LogP contribution is -2.49. The van der Waals surface area contributed by atoms with E-state index in [2.05, 4.69) is 15.1 Å². The van der Waals surface area contributed by atoms with Gasteiger partial charge in [0.15, 0.2) is 11.6 Å². The Kier molecular flexibility index (Phi) is 6.03. The molecule has 9 heteroatoms. The zero-order valence-corrected chi connectivity index (χ0v) is 17.1. The fourth-order valence-corrected chi connectivity index (χ4v) is 3.97. The molecule has 7 nitrogen and oxygen atoms in total. The van der Waals surface area contributed by atoms with Crippen LogP contribution in [0.4, 0.5) is 8.78 Å². The second-order valence-corrected chi connectivity index (χ2v) is 7.64. The molecule has 2 aromatic heterocycles. The van der Waals surface area contributed by atoms with Gasteiger partial charge in [0.05, 0.1) is 17.2 Å². The number of aromatic nitrogens is 3. The first-order valence-corrected chi connectivity index (χ1v) is 10.0. The normalized spacial score (nSPS) is 18.9. The number of pyridine rings is 1. The molecule has 4 rings (SSSR count). The summed E-state index contributed by atoms with van der Waals surface area (Å²) in [6, 6.07) is 7.16. The molecule has 1 aliphatic rings. The Labute approximate surface area is 178 Å². The molecular formula is C22H22F2N4O3. The van der Waals surface area contributed by atoms with Crippen molar-refractivity contribution in [2.75, 3.05) is 26.8 Å². The van der Waals surface area contributed by atoms with Gasteiger partial charge in [-0.2, -0.15) is 4.98 Å². The topological polar surface area (TPSA) is 81.4 Å². The maximum atomic E-state index is 14.1. The van der Waals surface area contributed by atoms with E-state index in [4.69, 9.17) is 9.26 Å². The summed E-state index contributed by atoms with van der Waals surface area (Å²) >= 11 is 0. The number of carbonyl (C=O) groups is 1. The number of hydrogen-bond acceptors (Lipinski definition) is 6. The first-order valence-electron chi connectivity index (χ1n) is 10.0. The zero-order chi connectivity index (χ0) is 21.8. The van der Waals surface area contributed by atoms with Gasteiger partial charge in [-0.1, -0.05) is 5.16 Å². The van der Waals surface area contributed by atoms with Gasteiger partial charge in [-0.05, 0) is 49.6 Å². The number of benzene rings is 1. The van der Waals surface area contributed by atoms with E-state index >= 15 is 0 Å². The highest BCUT2D eigenvalue weighted by molar-refractivity contribution is 5.94. The highest BCUT2D eigenvalue weighted by Gasteiger charge is 2.42. The Bertz CT molecular complexity index is 1060. The lowest BCUT2D eigenvalue weighted by Gasteiger charge is -2.41. The van der Waals surface area contributed by atoms with Gasteiger partial charge in [-0.3, -0.25) is 9.78 Å². The van der Waals surface area contributed by atoms with Gasteiger partial charge in [0.1, 0.15) is 5.82 Å². The van der Waals surface area contributed by atoms with Crippen LogP contribution in [0.1, 0.15) is 35.4 Å². The SMILES string of the molecule is COCCC1(c2noc(-c3ccc(F)cc3)n2)CCCN(C(=O)c2ccncc2F)C1. The van der Waals surface area contributed by atoms with Crippen LogP contribution < -0.4 is 0 Å². The van der Waals surface area contributed by atoms with E-state index < -0.39 is 17.1 Å². The Balaban J connectivity index is 1.64. The van der Waals surface area contributed by atoms with Crippen molar-refractivity contribution in [3.8, 4) is 11.5 Å². The van der Waals surface area contributed by atoms with Crippen molar-refractivity contribution in [1.29, 1.82) is 0 Å². The molecule has 3 aromatic rings. The monoisotopic (exact) mass is 428 g/mol. The van der Waals surface area contributed by atoms with Crippen LogP contribution in [0.25, 0.3) is 11.5 Å². The molecule has 0 radical (unpaired) electrons. The van der Waals surface area contributed by atoms with E-state index in [9.17, 15) is 13.6 Å². The maximum Gasteiger partial charge on any atom is 0.257 e. The van der Waals surface area contributed by atoms with E-state index in [-0.39, 0.29) is 17.3 Å². The predicted octanol–water partition coefficient (Wildman–Crippen LogP) is 3.62. The van der Waals surface area contributed by atoms with Crippen molar-refractivity contribution in [1.82, 2.24) is 20.0 Å². The summed E-state index contributed by atoms with van der Waals surface area (Å²) in [6.45, 7) is 1.24. The van der Waals surface area contributed by atoms with E-state index in [0.29, 0.717) is 43.9 Å². The Morgan fingerprint density at radius 2 is 2.06 bits per heavy atom. The number of likely N-dealkylation sites (tertiary alicyclic amines) is 1. The summed E-state index contributed by atoms with van der Waals surface area (Å²) in [5.74, 6) is -0.681. The van der Waals surface area contributed by atoms with Crippen molar-refractivity contribution in [2.45, 2.75) is 24.7 Å². The number of hydrogen-bond donors (Lipinski definition) is 0. The van der Waals surface area contributed by atoms with Gasteiger partial charge in [0.25, 0.3) is 11.8 Å². The fourth-order valence-electron chi connectivity index (χ4n) is 3.97. The molecule has 1 amide bonds. The molecule has 1 unspecified atom stereocenters. The Hall–Kier alpha value is -3.20. The average molecular weight is 428 g/mol. The zero-order valence-electron chi connectivity index (χ0n) is 17.1. The van der Waals surface area contributed by atoms with Gasteiger partial charge in [0.2, 0.25) is 0 Å². The second-order valence-electron chi connectivity index (χ2n) is 7.64. The quantitative estimate of drug-likeness (QED) is 0.597. The van der Waals surface area contributed by atoms with Crippen molar-refractivity contribution in [3.05, 3.63) is 65.7 Å². The average Bonchev–Trinajstić information content (AvgIpc) is 3.29. The number of methoxy groups -OCH3 is 1. The summed E-state index contributed by atoms with van der Waals surface area (Å²) in [5, 5.41) is 4.19. The second kappa shape index (κ2) is 8.89. The van der Waals surface area contributed by atoms with Crippen LogP contribution in [0.3, 0.4) is 0 Å². The van der Waals surface area contributed by atoms with Gasteiger partial charge in [-0.25, -0.2) is 8.78 Å². The van der Waals surface area contributed by atoms with E-state index in [1.807, 2.05) is 0 Å². The first kappa shape index (κ1) is 21.0. The summed E-state index contributed by atoms with van der Waals surface area (Å²) in [5.41, 5.74) is -0.0165. The van der Waals surface area contributed by atoms with Gasteiger partial charge >= 0.3 is 0 Å². The molecule has 1 saturated heterocycles. The molecule has 0 N–H and O–H groups in total. The molecule has 0 saturated carbocycles. The molecule has 0 bridgehead atoms. The molecule has 1 aromatic carbocycles. The minimum atomic E-state index is -0.654. The molecular weight excluding hydrogens is 406 g/mol.